The number of piperidine rings is 1. The number of amides is 2. The number of ether oxygens (including phenoxy) is 1. The van der Waals surface area contributed by atoms with Gasteiger partial charge in [0.25, 0.3) is 0 Å². The van der Waals surface area contributed by atoms with E-state index in [2.05, 4.69) is 65.7 Å². The average Bonchev–Trinajstić information content (AvgIpc) is 3.28. The summed E-state index contributed by atoms with van der Waals surface area (Å²) in [6, 6.07) is 28.8. The van der Waals surface area contributed by atoms with Crippen molar-refractivity contribution in [1.29, 1.82) is 0 Å². The number of carbonyl (C=O) groups is 2. The lowest BCUT2D eigenvalue weighted by atomic mass is 9.81. The van der Waals surface area contributed by atoms with Gasteiger partial charge in [-0.1, -0.05) is 78.9 Å². The number of fused-ring (bicyclic) bond motifs is 1. The van der Waals surface area contributed by atoms with Crippen LogP contribution in [-0.2, 0) is 22.6 Å². The number of hydrogen-bond donors (Lipinski definition) is 1. The third-order valence-electron chi connectivity index (χ3n) is 7.63. The molecule has 2 unspecified atom stereocenters. The van der Waals surface area contributed by atoms with E-state index in [-0.39, 0.29) is 29.9 Å². The van der Waals surface area contributed by atoms with Gasteiger partial charge < -0.3 is 15.0 Å². The summed E-state index contributed by atoms with van der Waals surface area (Å²) in [5.41, 5.74) is 4.47. The third kappa shape index (κ3) is 6.03. The number of rotatable bonds is 8. The molecule has 0 aliphatic carbocycles. The zero-order valence-electron chi connectivity index (χ0n) is 21.4. The van der Waals surface area contributed by atoms with Crippen LogP contribution >= 0.6 is 0 Å². The summed E-state index contributed by atoms with van der Waals surface area (Å²) in [6.07, 6.45) is 1.33. The number of likely N-dealkylation sites (tertiary alicyclic amines) is 1. The molecule has 3 aromatic rings. The number of para-hydroxylation sites is 1. The number of anilines is 1. The number of nitrogens with zero attached hydrogens (tertiary/aromatic N) is 2. The fourth-order valence-corrected chi connectivity index (χ4v) is 5.51. The Morgan fingerprint density at radius 2 is 1.49 bits per heavy atom. The van der Waals surface area contributed by atoms with Gasteiger partial charge in [-0.25, -0.2) is 4.79 Å². The highest BCUT2D eigenvalue weighted by Crippen LogP contribution is 2.41. The smallest absolute Gasteiger partial charge is 0.409 e. The van der Waals surface area contributed by atoms with Crippen LogP contribution in [0.25, 0.3) is 0 Å². The maximum Gasteiger partial charge on any atom is 0.409 e. The van der Waals surface area contributed by atoms with E-state index in [4.69, 9.17) is 4.74 Å². The van der Waals surface area contributed by atoms with E-state index in [1.54, 1.807) is 4.90 Å². The molecule has 0 radical (unpaired) electrons. The van der Waals surface area contributed by atoms with Crippen molar-refractivity contribution in [3.05, 3.63) is 102 Å². The minimum Gasteiger partial charge on any atom is -0.448 e. The summed E-state index contributed by atoms with van der Waals surface area (Å²) < 4.78 is 5.80. The van der Waals surface area contributed by atoms with Gasteiger partial charge in [0.15, 0.2) is 0 Å². The molecule has 5 rings (SSSR count). The molecule has 2 aliphatic rings. The summed E-state index contributed by atoms with van der Waals surface area (Å²) in [4.78, 5) is 29.7. The van der Waals surface area contributed by atoms with Crippen LogP contribution in [0.1, 0.15) is 42.4 Å². The van der Waals surface area contributed by atoms with Crippen molar-refractivity contribution >= 4 is 17.7 Å². The van der Waals surface area contributed by atoms with Crippen LogP contribution in [0.5, 0.6) is 0 Å². The standard InChI is InChI=1S/C31H35N3O3/c1-23(34(20-24-10-4-2-5-11-24)21-25-12-6-3-7-13-25)22-37-31(36)33-18-16-26(17-19-33)29-27-14-8-9-15-28(27)32-30(29)35/h2-15,23,26,29H,16-22H2,1H3,(H,32,35). The highest BCUT2D eigenvalue weighted by atomic mass is 16.6. The maximum absolute atomic E-state index is 12.9. The summed E-state index contributed by atoms with van der Waals surface area (Å²) in [6.45, 7) is 5.23. The first-order valence-electron chi connectivity index (χ1n) is 13.2. The molecule has 1 fully saturated rings. The van der Waals surface area contributed by atoms with Gasteiger partial charge in [-0.3, -0.25) is 9.69 Å². The number of hydrogen-bond acceptors (Lipinski definition) is 4. The minimum atomic E-state index is -0.263. The number of nitrogens with one attached hydrogen (secondary N) is 1. The zero-order chi connectivity index (χ0) is 25.6. The van der Waals surface area contributed by atoms with E-state index in [0.29, 0.717) is 19.7 Å². The Balaban J connectivity index is 1.15. The van der Waals surface area contributed by atoms with E-state index in [1.807, 2.05) is 36.4 Å². The van der Waals surface area contributed by atoms with Gasteiger partial charge in [0, 0.05) is 37.9 Å². The zero-order valence-corrected chi connectivity index (χ0v) is 21.4. The van der Waals surface area contributed by atoms with E-state index >= 15 is 0 Å². The van der Waals surface area contributed by atoms with Crippen LogP contribution in [-0.4, -0.2) is 47.5 Å². The van der Waals surface area contributed by atoms with Gasteiger partial charge in [-0.2, -0.15) is 0 Å². The van der Waals surface area contributed by atoms with Crippen molar-refractivity contribution in [2.75, 3.05) is 25.0 Å². The van der Waals surface area contributed by atoms with E-state index in [1.165, 1.54) is 11.1 Å². The average molecular weight is 498 g/mol. The molecule has 192 valence electrons. The van der Waals surface area contributed by atoms with E-state index < -0.39 is 0 Å². The Morgan fingerprint density at radius 3 is 2.11 bits per heavy atom. The summed E-state index contributed by atoms with van der Waals surface area (Å²) in [7, 11) is 0. The lowest BCUT2D eigenvalue weighted by Gasteiger charge is -2.34. The molecular formula is C31H35N3O3. The molecule has 1 saturated heterocycles. The SMILES string of the molecule is CC(COC(=O)N1CCC(C2C(=O)Nc3ccccc32)CC1)N(Cc1ccccc1)Cc1ccccc1. The summed E-state index contributed by atoms with van der Waals surface area (Å²) in [5.74, 6) is 0.186. The molecule has 2 aliphatic heterocycles. The Bertz CT molecular complexity index is 1150. The Hall–Kier alpha value is -3.64. The summed E-state index contributed by atoms with van der Waals surface area (Å²) >= 11 is 0. The summed E-state index contributed by atoms with van der Waals surface area (Å²) in [5, 5.41) is 3.01. The topological polar surface area (TPSA) is 61.9 Å². The molecular weight excluding hydrogens is 462 g/mol. The molecule has 0 spiro atoms. The van der Waals surface area contributed by atoms with Crippen LogP contribution in [0.4, 0.5) is 10.5 Å². The molecule has 2 heterocycles. The molecule has 6 heteroatoms. The van der Waals surface area contributed by atoms with Crippen molar-refractivity contribution in [3.63, 3.8) is 0 Å². The predicted octanol–water partition coefficient (Wildman–Crippen LogP) is 5.66. The number of benzene rings is 3. The predicted molar refractivity (Wildman–Crippen MR) is 145 cm³/mol. The fourth-order valence-electron chi connectivity index (χ4n) is 5.51. The molecule has 2 atom stereocenters. The van der Waals surface area contributed by atoms with Crippen LogP contribution < -0.4 is 5.32 Å². The van der Waals surface area contributed by atoms with Crippen LogP contribution in [0, 0.1) is 5.92 Å². The van der Waals surface area contributed by atoms with Gasteiger partial charge in [0.05, 0.1) is 5.92 Å². The number of carbonyl (C=O) groups excluding carboxylic acids is 2. The van der Waals surface area contributed by atoms with E-state index in [9.17, 15) is 9.59 Å². The molecule has 0 aromatic heterocycles. The Labute approximate surface area is 219 Å². The van der Waals surface area contributed by atoms with Crippen molar-refractivity contribution in [2.45, 2.75) is 44.8 Å². The van der Waals surface area contributed by atoms with Crippen molar-refractivity contribution < 1.29 is 14.3 Å². The first-order chi connectivity index (χ1) is 18.1. The second-order valence-electron chi connectivity index (χ2n) is 10.2. The molecule has 1 N–H and O–H groups in total. The first kappa shape index (κ1) is 25.0. The van der Waals surface area contributed by atoms with Crippen LogP contribution in [0.2, 0.25) is 0 Å². The lowest BCUT2D eigenvalue weighted by molar-refractivity contribution is -0.118. The first-order valence-corrected chi connectivity index (χ1v) is 13.2. The quantitative estimate of drug-likeness (QED) is 0.436. The largest absolute Gasteiger partial charge is 0.448 e. The Kier molecular flexibility index (Phi) is 7.85. The van der Waals surface area contributed by atoms with Gasteiger partial charge >= 0.3 is 6.09 Å². The van der Waals surface area contributed by atoms with Crippen LogP contribution in [0.15, 0.2) is 84.9 Å². The molecule has 0 saturated carbocycles. The van der Waals surface area contributed by atoms with Gasteiger partial charge in [0.1, 0.15) is 6.61 Å². The maximum atomic E-state index is 12.9. The fraction of sp³-hybridized carbons (Fsp3) is 0.355. The van der Waals surface area contributed by atoms with E-state index in [0.717, 1.165) is 37.2 Å². The normalized spacial score (nSPS) is 18.4. The van der Waals surface area contributed by atoms with Gasteiger partial charge in [0.2, 0.25) is 5.91 Å². The molecule has 37 heavy (non-hydrogen) atoms. The molecule has 2 amide bonds. The van der Waals surface area contributed by atoms with Crippen LogP contribution in [0.3, 0.4) is 0 Å². The van der Waals surface area contributed by atoms with Gasteiger partial charge in [-0.05, 0) is 48.4 Å². The molecule has 0 bridgehead atoms. The highest BCUT2D eigenvalue weighted by molar-refractivity contribution is 6.03. The molecule has 3 aromatic carbocycles. The minimum absolute atomic E-state index is 0.0561. The lowest BCUT2D eigenvalue weighted by Crippen LogP contribution is -2.43. The monoisotopic (exact) mass is 497 g/mol. The van der Waals surface area contributed by atoms with Crippen molar-refractivity contribution in [1.82, 2.24) is 9.80 Å². The second kappa shape index (κ2) is 11.6. The highest BCUT2D eigenvalue weighted by Gasteiger charge is 2.38. The Morgan fingerprint density at radius 1 is 0.919 bits per heavy atom. The van der Waals surface area contributed by atoms with Crippen molar-refractivity contribution in [3.8, 4) is 0 Å². The van der Waals surface area contributed by atoms with Crippen molar-refractivity contribution in [2.24, 2.45) is 5.92 Å². The molecule has 6 nitrogen and oxygen atoms in total. The second-order valence-corrected chi connectivity index (χ2v) is 10.2. The third-order valence-corrected chi connectivity index (χ3v) is 7.63. The van der Waals surface area contributed by atoms with Gasteiger partial charge in [-0.15, -0.1) is 0 Å².